The fourth-order valence-electron chi connectivity index (χ4n) is 6.62. The summed E-state index contributed by atoms with van der Waals surface area (Å²) in [4.78, 5) is 25.1. The van der Waals surface area contributed by atoms with Crippen molar-refractivity contribution in [1.29, 1.82) is 0 Å². The summed E-state index contributed by atoms with van der Waals surface area (Å²) >= 11 is 0. The number of fused-ring (bicyclic) bond motifs is 2. The number of rotatable bonds is 7. The Balaban J connectivity index is 1.44. The molecule has 1 aromatic carbocycles. The van der Waals surface area contributed by atoms with Gasteiger partial charge in [-0.3, -0.25) is 4.79 Å². The van der Waals surface area contributed by atoms with Crippen LogP contribution in [-0.2, 0) is 16.1 Å². The normalized spacial score (nSPS) is 33.5. The topological polar surface area (TPSA) is 126 Å². The first-order valence-electron chi connectivity index (χ1n) is 12.6. The van der Waals surface area contributed by atoms with Gasteiger partial charge in [-0.25, -0.2) is 4.79 Å². The van der Waals surface area contributed by atoms with Crippen LogP contribution in [0.1, 0.15) is 58.4 Å². The minimum absolute atomic E-state index is 0.00300. The van der Waals surface area contributed by atoms with Crippen molar-refractivity contribution in [3.8, 4) is 11.5 Å². The first-order chi connectivity index (χ1) is 16.7. The highest BCUT2D eigenvalue weighted by Crippen LogP contribution is 2.61. The Morgan fingerprint density at radius 2 is 1.91 bits per heavy atom. The van der Waals surface area contributed by atoms with E-state index < -0.39 is 23.7 Å². The number of benzene rings is 1. The molecule has 0 aromatic heterocycles. The minimum atomic E-state index is -0.653. The molecule has 0 radical (unpaired) electrons. The summed E-state index contributed by atoms with van der Waals surface area (Å²) in [7, 11) is 0. The molecule has 2 saturated carbocycles. The van der Waals surface area contributed by atoms with E-state index >= 15 is 0 Å². The van der Waals surface area contributed by atoms with Crippen molar-refractivity contribution in [2.24, 2.45) is 22.7 Å². The van der Waals surface area contributed by atoms with Crippen LogP contribution in [0.4, 0.5) is 4.79 Å². The van der Waals surface area contributed by atoms with E-state index in [1.54, 1.807) is 0 Å². The van der Waals surface area contributed by atoms with Gasteiger partial charge in [0.15, 0.2) is 11.5 Å². The van der Waals surface area contributed by atoms with Crippen LogP contribution in [0.5, 0.6) is 11.5 Å². The highest BCUT2D eigenvalue weighted by atomic mass is 16.7. The number of carbonyl (C=O) groups excluding carboxylic acids is 2. The fourth-order valence-corrected chi connectivity index (χ4v) is 6.62. The second-order valence-electron chi connectivity index (χ2n) is 10.6. The molecule has 35 heavy (non-hydrogen) atoms. The fraction of sp³-hybridized carbons (Fsp3) is 0.692. The van der Waals surface area contributed by atoms with Crippen molar-refractivity contribution >= 4 is 12.0 Å². The van der Waals surface area contributed by atoms with Gasteiger partial charge >= 0.3 is 6.09 Å². The molecule has 1 aliphatic heterocycles. The van der Waals surface area contributed by atoms with Gasteiger partial charge in [0.25, 0.3) is 0 Å². The van der Waals surface area contributed by atoms with Crippen molar-refractivity contribution in [3.63, 3.8) is 0 Å². The van der Waals surface area contributed by atoms with E-state index in [1.165, 1.54) is 0 Å². The maximum atomic E-state index is 13.0. The monoisotopic (exact) mass is 490 g/mol. The predicted molar refractivity (Wildman–Crippen MR) is 128 cm³/mol. The molecule has 1 aromatic rings. The van der Waals surface area contributed by atoms with Gasteiger partial charge in [0.05, 0.1) is 12.7 Å². The van der Waals surface area contributed by atoms with Gasteiger partial charge in [0.2, 0.25) is 12.7 Å². The third kappa shape index (κ3) is 4.93. The van der Waals surface area contributed by atoms with Crippen molar-refractivity contribution in [2.45, 2.75) is 71.6 Å². The summed E-state index contributed by atoms with van der Waals surface area (Å²) in [6, 6.07) is 5.58. The van der Waals surface area contributed by atoms with E-state index in [0.29, 0.717) is 50.3 Å². The minimum Gasteiger partial charge on any atom is -0.454 e. The standard InChI is InChI=1S/C26H38N2O7/c1-4-27-24(32)35-22-9-10-25(2)17(18(30)6-8-21(25)26(22,3)14-29)12-23(31)28-13-16-5-7-19-20(11-16)34-15-33-19/h5,7,11,17-18,21-22,29-30H,4,6,8-10,12-15H2,1-3H3,(H,27,32)(H,28,31)/t17-,18-,21-,22-,25+,26+/m1/s1. The van der Waals surface area contributed by atoms with Crippen LogP contribution in [0.15, 0.2) is 18.2 Å². The summed E-state index contributed by atoms with van der Waals surface area (Å²) in [6.45, 7) is 6.81. The van der Waals surface area contributed by atoms with Gasteiger partial charge in [0, 0.05) is 24.9 Å². The first-order valence-corrected chi connectivity index (χ1v) is 12.6. The van der Waals surface area contributed by atoms with E-state index in [0.717, 1.165) is 5.56 Å². The lowest BCUT2D eigenvalue weighted by atomic mass is 9.46. The smallest absolute Gasteiger partial charge is 0.407 e. The van der Waals surface area contributed by atoms with Crippen molar-refractivity contribution < 1.29 is 34.0 Å². The zero-order chi connectivity index (χ0) is 25.2. The van der Waals surface area contributed by atoms with E-state index in [4.69, 9.17) is 14.2 Å². The lowest BCUT2D eigenvalue weighted by Crippen LogP contribution is -2.61. The Morgan fingerprint density at radius 1 is 1.14 bits per heavy atom. The maximum absolute atomic E-state index is 13.0. The molecule has 194 valence electrons. The van der Waals surface area contributed by atoms with Crippen LogP contribution in [0.3, 0.4) is 0 Å². The molecule has 6 atom stereocenters. The maximum Gasteiger partial charge on any atom is 0.407 e. The van der Waals surface area contributed by atoms with Gasteiger partial charge in [-0.2, -0.15) is 0 Å². The molecule has 0 bridgehead atoms. The van der Waals surface area contributed by atoms with E-state index in [1.807, 2.05) is 32.0 Å². The molecule has 4 rings (SSSR count). The van der Waals surface area contributed by atoms with Crippen LogP contribution in [0, 0.1) is 22.7 Å². The summed E-state index contributed by atoms with van der Waals surface area (Å²) in [5, 5.41) is 27.1. The summed E-state index contributed by atoms with van der Waals surface area (Å²) < 4.78 is 16.5. The van der Waals surface area contributed by atoms with Gasteiger partial charge in [-0.05, 0) is 67.6 Å². The zero-order valence-corrected chi connectivity index (χ0v) is 20.8. The highest BCUT2D eigenvalue weighted by Gasteiger charge is 2.60. The molecule has 4 N–H and O–H groups in total. The van der Waals surface area contributed by atoms with Crippen LogP contribution >= 0.6 is 0 Å². The third-order valence-corrected chi connectivity index (χ3v) is 8.58. The second kappa shape index (κ2) is 10.2. The Hall–Kier alpha value is -2.52. The molecular formula is C26H38N2O7. The zero-order valence-electron chi connectivity index (χ0n) is 20.8. The number of carbonyl (C=O) groups is 2. The Kier molecular flexibility index (Phi) is 7.47. The number of alkyl carbamates (subject to hydrolysis) is 1. The molecule has 2 amide bonds. The van der Waals surface area contributed by atoms with Gasteiger partial charge in [0.1, 0.15) is 6.10 Å². The highest BCUT2D eigenvalue weighted by molar-refractivity contribution is 5.76. The van der Waals surface area contributed by atoms with Gasteiger partial charge in [-0.1, -0.05) is 19.9 Å². The Morgan fingerprint density at radius 3 is 2.66 bits per heavy atom. The Bertz CT molecular complexity index is 940. The van der Waals surface area contributed by atoms with Crippen LogP contribution < -0.4 is 20.1 Å². The lowest BCUT2D eigenvalue weighted by molar-refractivity contribution is -0.185. The van der Waals surface area contributed by atoms with Crippen molar-refractivity contribution in [3.05, 3.63) is 23.8 Å². The molecule has 2 fully saturated rings. The molecule has 1 heterocycles. The number of hydrogen-bond donors (Lipinski definition) is 4. The molecule has 3 aliphatic rings. The van der Waals surface area contributed by atoms with Crippen LogP contribution in [-0.4, -0.2) is 54.4 Å². The molecule has 0 unspecified atom stereocenters. The third-order valence-electron chi connectivity index (χ3n) is 8.58. The number of amides is 2. The number of nitrogens with one attached hydrogen (secondary N) is 2. The average molecular weight is 491 g/mol. The Labute approximate surface area is 206 Å². The van der Waals surface area contributed by atoms with Crippen molar-refractivity contribution in [2.75, 3.05) is 19.9 Å². The van der Waals surface area contributed by atoms with Crippen LogP contribution in [0.25, 0.3) is 0 Å². The SMILES string of the molecule is CCNC(=O)O[C@@H]1CC[C@]2(C)[C@@H](CC[C@@H](O)[C@H]2CC(=O)NCc2ccc3c(c2)OCO3)[C@]1(C)CO. The average Bonchev–Trinajstić information content (AvgIpc) is 3.30. The van der Waals surface area contributed by atoms with E-state index in [9.17, 15) is 19.8 Å². The molecule has 9 heteroatoms. The quantitative estimate of drug-likeness (QED) is 0.463. The lowest BCUT2D eigenvalue weighted by Gasteiger charge is -2.60. The largest absolute Gasteiger partial charge is 0.454 e. The number of ether oxygens (including phenoxy) is 3. The molecule has 0 saturated heterocycles. The molecule has 0 spiro atoms. The molecular weight excluding hydrogens is 452 g/mol. The van der Waals surface area contributed by atoms with Crippen molar-refractivity contribution in [1.82, 2.24) is 10.6 Å². The van der Waals surface area contributed by atoms with E-state index in [-0.39, 0.29) is 43.0 Å². The van der Waals surface area contributed by atoms with E-state index in [2.05, 4.69) is 17.6 Å². The number of aliphatic hydroxyl groups excluding tert-OH is 2. The summed E-state index contributed by atoms with van der Waals surface area (Å²) in [5.74, 6) is 0.991. The molecule has 9 nitrogen and oxygen atoms in total. The second-order valence-corrected chi connectivity index (χ2v) is 10.6. The number of hydrogen-bond acceptors (Lipinski definition) is 7. The molecule has 2 aliphatic carbocycles. The first kappa shape index (κ1) is 25.6. The summed E-state index contributed by atoms with van der Waals surface area (Å²) in [6.07, 6.45) is 1.23. The van der Waals surface area contributed by atoms with Crippen LogP contribution in [0.2, 0.25) is 0 Å². The summed E-state index contributed by atoms with van der Waals surface area (Å²) in [5.41, 5.74) is -0.113. The predicted octanol–water partition coefficient (Wildman–Crippen LogP) is 2.72. The number of aliphatic hydroxyl groups is 2. The van der Waals surface area contributed by atoms with Gasteiger partial charge in [-0.15, -0.1) is 0 Å². The van der Waals surface area contributed by atoms with Gasteiger partial charge < -0.3 is 35.1 Å².